The number of aliphatic hydroxyl groups excluding tert-OH is 1. The Hall–Kier alpha value is -1.55. The van der Waals surface area contributed by atoms with Gasteiger partial charge in [0, 0.05) is 12.2 Å². The van der Waals surface area contributed by atoms with E-state index in [-0.39, 0.29) is 6.61 Å². The number of nitrogen functional groups attached to an aromatic ring is 1. The van der Waals surface area contributed by atoms with Crippen LogP contribution in [0.5, 0.6) is 0 Å². The Morgan fingerprint density at radius 2 is 2.17 bits per heavy atom. The van der Waals surface area contributed by atoms with Gasteiger partial charge in [-0.15, -0.1) is 0 Å². The van der Waals surface area contributed by atoms with Gasteiger partial charge in [-0.1, -0.05) is 13.8 Å². The number of hydrogen-bond donors (Lipinski definition) is 2. The number of aliphatic hydroxyl groups is 1. The van der Waals surface area contributed by atoms with Gasteiger partial charge in [-0.2, -0.15) is 0 Å². The second kappa shape index (κ2) is 5.40. The molecule has 0 atom stereocenters. The molecule has 1 aromatic heterocycles. The third-order valence-electron chi connectivity index (χ3n) is 3.16. The Morgan fingerprint density at radius 3 is 2.83 bits per heavy atom. The highest BCUT2D eigenvalue weighted by Crippen LogP contribution is 2.20. The number of hydrogen-bond acceptors (Lipinski definition) is 3. The van der Waals surface area contributed by atoms with Gasteiger partial charge in [0.1, 0.15) is 12.4 Å². The van der Waals surface area contributed by atoms with Crippen LogP contribution < -0.4 is 5.73 Å². The summed E-state index contributed by atoms with van der Waals surface area (Å²) in [5.74, 6) is 1.42. The first-order valence-electron chi connectivity index (χ1n) is 6.47. The maximum atomic E-state index is 9.38. The molecule has 0 amide bonds. The standard InChI is InChI=1S/C14H21N3O/c1-10(2)4-3-7-17-13-6-5-11(15)8-12(13)16-14(17)9-18/h5-6,8,10,18H,3-4,7,9,15H2,1-2H3. The fourth-order valence-electron chi connectivity index (χ4n) is 2.22. The lowest BCUT2D eigenvalue weighted by atomic mass is 10.1. The van der Waals surface area contributed by atoms with Crippen molar-refractivity contribution < 1.29 is 5.11 Å². The number of aromatic nitrogens is 2. The van der Waals surface area contributed by atoms with Crippen molar-refractivity contribution in [3.63, 3.8) is 0 Å². The van der Waals surface area contributed by atoms with E-state index in [2.05, 4.69) is 23.4 Å². The quantitative estimate of drug-likeness (QED) is 0.798. The van der Waals surface area contributed by atoms with Crippen molar-refractivity contribution in [2.75, 3.05) is 5.73 Å². The summed E-state index contributed by atoms with van der Waals surface area (Å²) in [6, 6.07) is 5.71. The summed E-state index contributed by atoms with van der Waals surface area (Å²) in [5, 5.41) is 9.38. The van der Waals surface area contributed by atoms with Gasteiger partial charge in [0.25, 0.3) is 0 Å². The third kappa shape index (κ3) is 2.64. The molecule has 3 N–H and O–H groups in total. The Labute approximate surface area is 107 Å². The summed E-state index contributed by atoms with van der Waals surface area (Å²) >= 11 is 0. The second-order valence-electron chi connectivity index (χ2n) is 5.12. The third-order valence-corrected chi connectivity index (χ3v) is 3.16. The Kier molecular flexibility index (Phi) is 3.87. The molecular weight excluding hydrogens is 226 g/mol. The van der Waals surface area contributed by atoms with Gasteiger partial charge >= 0.3 is 0 Å². The van der Waals surface area contributed by atoms with Crippen molar-refractivity contribution in [3.8, 4) is 0 Å². The number of imidazole rings is 1. The molecule has 0 bridgehead atoms. The topological polar surface area (TPSA) is 64.1 Å². The van der Waals surface area contributed by atoms with E-state index in [1.165, 1.54) is 6.42 Å². The highest BCUT2D eigenvalue weighted by Gasteiger charge is 2.10. The number of benzene rings is 1. The van der Waals surface area contributed by atoms with Gasteiger partial charge in [-0.25, -0.2) is 4.98 Å². The number of anilines is 1. The van der Waals surface area contributed by atoms with Gasteiger partial charge in [-0.05, 0) is 37.0 Å². The molecular formula is C14H21N3O. The number of aryl methyl sites for hydroxylation is 1. The highest BCUT2D eigenvalue weighted by atomic mass is 16.3. The van der Waals surface area contributed by atoms with Crippen LogP contribution in [0.25, 0.3) is 11.0 Å². The maximum Gasteiger partial charge on any atom is 0.135 e. The zero-order valence-corrected chi connectivity index (χ0v) is 11.1. The maximum absolute atomic E-state index is 9.38. The number of nitrogens with two attached hydrogens (primary N) is 1. The van der Waals surface area contributed by atoms with E-state index in [0.717, 1.165) is 29.8 Å². The van der Waals surface area contributed by atoms with Gasteiger partial charge in [0.15, 0.2) is 0 Å². The lowest BCUT2D eigenvalue weighted by Crippen LogP contribution is -2.05. The number of rotatable bonds is 5. The summed E-state index contributed by atoms with van der Waals surface area (Å²) in [4.78, 5) is 4.42. The monoisotopic (exact) mass is 247 g/mol. The van der Waals surface area contributed by atoms with Gasteiger partial charge < -0.3 is 15.4 Å². The lowest BCUT2D eigenvalue weighted by Gasteiger charge is -2.09. The first-order chi connectivity index (χ1) is 8.61. The summed E-state index contributed by atoms with van der Waals surface area (Å²) < 4.78 is 2.09. The predicted molar refractivity (Wildman–Crippen MR) is 74.1 cm³/mol. The molecule has 0 saturated heterocycles. The predicted octanol–water partition coefficient (Wildman–Crippen LogP) is 2.55. The summed E-state index contributed by atoms with van der Waals surface area (Å²) in [7, 11) is 0. The Morgan fingerprint density at radius 1 is 1.39 bits per heavy atom. The van der Waals surface area contributed by atoms with E-state index in [9.17, 15) is 5.11 Å². The lowest BCUT2D eigenvalue weighted by molar-refractivity contribution is 0.265. The minimum Gasteiger partial charge on any atom is -0.399 e. The first-order valence-corrected chi connectivity index (χ1v) is 6.47. The molecule has 0 unspecified atom stereocenters. The molecule has 0 fully saturated rings. The molecule has 0 aliphatic rings. The summed E-state index contributed by atoms with van der Waals surface area (Å²) in [6.45, 7) is 5.31. The van der Waals surface area contributed by atoms with Crippen LogP contribution in [0.1, 0.15) is 32.5 Å². The molecule has 0 saturated carbocycles. The fraction of sp³-hybridized carbons (Fsp3) is 0.500. The Balaban J connectivity index is 2.29. The Bertz CT molecular complexity index is 531. The first kappa shape index (κ1) is 12.9. The van der Waals surface area contributed by atoms with Gasteiger partial charge in [0.2, 0.25) is 0 Å². The molecule has 2 rings (SSSR count). The molecule has 1 heterocycles. The largest absolute Gasteiger partial charge is 0.399 e. The van der Waals surface area contributed by atoms with E-state index in [0.29, 0.717) is 11.6 Å². The van der Waals surface area contributed by atoms with Crippen LogP contribution in [0.2, 0.25) is 0 Å². The zero-order chi connectivity index (χ0) is 13.1. The highest BCUT2D eigenvalue weighted by molar-refractivity contribution is 5.79. The molecule has 18 heavy (non-hydrogen) atoms. The van der Waals surface area contributed by atoms with Gasteiger partial charge in [0.05, 0.1) is 11.0 Å². The molecule has 2 aromatic rings. The van der Waals surface area contributed by atoms with Crippen molar-refractivity contribution in [1.29, 1.82) is 0 Å². The second-order valence-corrected chi connectivity index (χ2v) is 5.12. The summed E-state index contributed by atoms with van der Waals surface area (Å²) in [6.07, 6.45) is 2.28. The van der Waals surface area contributed by atoms with Gasteiger partial charge in [-0.3, -0.25) is 0 Å². The van der Waals surface area contributed by atoms with Crippen LogP contribution in [0.3, 0.4) is 0 Å². The zero-order valence-electron chi connectivity index (χ0n) is 11.1. The van der Waals surface area contributed by atoms with Crippen molar-refractivity contribution in [3.05, 3.63) is 24.0 Å². The molecule has 0 aliphatic carbocycles. The molecule has 0 spiro atoms. The average molecular weight is 247 g/mol. The molecule has 98 valence electrons. The van der Waals surface area contributed by atoms with E-state index in [4.69, 9.17) is 5.73 Å². The normalized spacial score (nSPS) is 11.6. The minimum atomic E-state index is -0.0315. The van der Waals surface area contributed by atoms with Crippen LogP contribution in [0.4, 0.5) is 5.69 Å². The van der Waals surface area contributed by atoms with E-state index in [1.54, 1.807) is 0 Å². The van der Waals surface area contributed by atoms with Crippen LogP contribution in [-0.4, -0.2) is 14.7 Å². The smallest absolute Gasteiger partial charge is 0.135 e. The minimum absolute atomic E-state index is 0.0315. The van der Waals surface area contributed by atoms with Crippen LogP contribution >= 0.6 is 0 Å². The van der Waals surface area contributed by atoms with Crippen LogP contribution in [0.15, 0.2) is 18.2 Å². The van der Waals surface area contributed by atoms with E-state index < -0.39 is 0 Å². The SMILES string of the molecule is CC(C)CCCn1c(CO)nc2cc(N)ccc21. The number of fused-ring (bicyclic) bond motifs is 1. The average Bonchev–Trinajstić information content (AvgIpc) is 2.66. The molecule has 4 nitrogen and oxygen atoms in total. The van der Waals surface area contributed by atoms with Crippen LogP contribution in [-0.2, 0) is 13.2 Å². The van der Waals surface area contributed by atoms with E-state index in [1.807, 2.05) is 18.2 Å². The van der Waals surface area contributed by atoms with Crippen molar-refractivity contribution >= 4 is 16.7 Å². The van der Waals surface area contributed by atoms with Crippen LogP contribution in [0, 0.1) is 5.92 Å². The molecule has 0 aliphatic heterocycles. The summed E-state index contributed by atoms with van der Waals surface area (Å²) in [5.41, 5.74) is 8.38. The van der Waals surface area contributed by atoms with Crippen molar-refractivity contribution in [1.82, 2.24) is 9.55 Å². The van der Waals surface area contributed by atoms with E-state index >= 15 is 0 Å². The van der Waals surface area contributed by atoms with Crippen molar-refractivity contribution in [2.24, 2.45) is 5.92 Å². The molecule has 1 aromatic carbocycles. The van der Waals surface area contributed by atoms with Crippen molar-refractivity contribution in [2.45, 2.75) is 39.8 Å². The number of nitrogens with zero attached hydrogens (tertiary/aromatic N) is 2. The molecule has 4 heteroatoms. The fourth-order valence-corrected chi connectivity index (χ4v) is 2.22. The molecule has 0 radical (unpaired) electrons.